The molecule has 2 aromatic rings. The Balaban J connectivity index is 2.05. The third kappa shape index (κ3) is 1.77. The quantitative estimate of drug-likeness (QED) is 0.700. The molecule has 0 amide bonds. The van der Waals surface area contributed by atoms with Crippen molar-refractivity contribution in [3.8, 4) is 0 Å². The Morgan fingerprint density at radius 1 is 1.38 bits per heavy atom. The Hall–Kier alpha value is -1.19. The second-order valence-electron chi connectivity index (χ2n) is 3.70. The zero-order valence-corrected chi connectivity index (χ0v) is 10.0. The van der Waals surface area contributed by atoms with E-state index in [9.17, 15) is 0 Å². The van der Waals surface area contributed by atoms with Gasteiger partial charge in [-0.2, -0.15) is 0 Å². The lowest BCUT2D eigenvalue weighted by atomic mass is 10.0. The zero-order valence-electron chi connectivity index (χ0n) is 8.43. The summed E-state index contributed by atoms with van der Waals surface area (Å²) in [5.74, 6) is 0.392. The highest BCUT2D eigenvalue weighted by Crippen LogP contribution is 2.32. The molecule has 3 rings (SSSR count). The number of aliphatic imine (C=N–C) groups is 1. The molecule has 0 fully saturated rings. The summed E-state index contributed by atoms with van der Waals surface area (Å²) in [6.07, 6.45) is 6.95. The predicted molar refractivity (Wildman–Crippen MR) is 69.6 cm³/mol. The van der Waals surface area contributed by atoms with Crippen molar-refractivity contribution in [2.45, 2.75) is 12.3 Å². The van der Waals surface area contributed by atoms with Gasteiger partial charge in [0, 0.05) is 28.6 Å². The van der Waals surface area contributed by atoms with Crippen LogP contribution >= 0.6 is 22.9 Å². The van der Waals surface area contributed by atoms with Gasteiger partial charge in [-0.1, -0.05) is 17.7 Å². The molecule has 1 aliphatic heterocycles. The number of allylic oxidation sites excluding steroid dienone is 1. The maximum atomic E-state index is 5.87. The fraction of sp³-hybridized carbons (Fsp3) is 0.167. The number of aromatic nitrogens is 1. The third-order valence-electron chi connectivity index (χ3n) is 2.58. The largest absolute Gasteiger partial charge is 0.269 e. The maximum Gasteiger partial charge on any atom is 0.130 e. The van der Waals surface area contributed by atoms with Gasteiger partial charge in [0.05, 0.1) is 0 Å². The second kappa shape index (κ2) is 4.00. The van der Waals surface area contributed by atoms with E-state index < -0.39 is 0 Å². The van der Waals surface area contributed by atoms with Gasteiger partial charge in [-0.25, -0.2) is 4.98 Å². The highest BCUT2D eigenvalue weighted by Gasteiger charge is 2.13. The number of rotatable bonds is 1. The van der Waals surface area contributed by atoms with Crippen LogP contribution in [0.3, 0.4) is 0 Å². The molecule has 16 heavy (non-hydrogen) atoms. The van der Waals surface area contributed by atoms with E-state index in [0.717, 1.165) is 16.6 Å². The Labute approximate surface area is 102 Å². The summed E-state index contributed by atoms with van der Waals surface area (Å²) in [6.45, 7) is 0. The summed E-state index contributed by atoms with van der Waals surface area (Å²) in [7, 11) is 0. The van der Waals surface area contributed by atoms with Gasteiger partial charge < -0.3 is 0 Å². The highest BCUT2D eigenvalue weighted by molar-refractivity contribution is 7.18. The van der Waals surface area contributed by atoms with E-state index in [4.69, 9.17) is 11.6 Å². The van der Waals surface area contributed by atoms with E-state index in [-0.39, 0.29) is 0 Å². The Bertz CT molecular complexity index is 586. The first-order valence-corrected chi connectivity index (χ1v) is 6.27. The van der Waals surface area contributed by atoms with Crippen molar-refractivity contribution in [3.63, 3.8) is 0 Å². The molecule has 0 saturated carbocycles. The molecule has 4 heteroatoms. The number of hydrogen-bond acceptors (Lipinski definition) is 3. The predicted octanol–water partition coefficient (Wildman–Crippen LogP) is 4.02. The number of pyridine rings is 1. The lowest BCUT2D eigenvalue weighted by Gasteiger charge is -2.08. The second-order valence-corrected chi connectivity index (χ2v) is 5.15. The van der Waals surface area contributed by atoms with Crippen molar-refractivity contribution in [2.24, 2.45) is 4.99 Å². The fourth-order valence-electron chi connectivity index (χ4n) is 1.77. The van der Waals surface area contributed by atoms with Crippen molar-refractivity contribution < 1.29 is 0 Å². The van der Waals surface area contributed by atoms with Gasteiger partial charge in [-0.3, -0.25) is 4.99 Å². The summed E-state index contributed by atoms with van der Waals surface area (Å²) < 4.78 is 0. The van der Waals surface area contributed by atoms with Crippen LogP contribution in [0.5, 0.6) is 0 Å². The van der Waals surface area contributed by atoms with Crippen LogP contribution in [0, 0.1) is 0 Å². The molecule has 1 aliphatic rings. The van der Waals surface area contributed by atoms with Gasteiger partial charge >= 0.3 is 0 Å². The molecule has 80 valence electrons. The van der Waals surface area contributed by atoms with E-state index in [2.05, 4.69) is 22.1 Å². The molecule has 1 unspecified atom stereocenters. The van der Waals surface area contributed by atoms with Crippen molar-refractivity contribution in [3.05, 3.63) is 40.5 Å². The lowest BCUT2D eigenvalue weighted by Crippen LogP contribution is -1.98. The standard InChI is InChI=1S/C12H9ClN2S/c13-11-4-3-8-6-10(16-12(8)15-11)9-2-1-5-14-7-9/h1,3-7,9H,2H2. The third-order valence-corrected chi connectivity index (χ3v) is 3.97. The molecular weight excluding hydrogens is 240 g/mol. The Morgan fingerprint density at radius 2 is 2.31 bits per heavy atom. The Kier molecular flexibility index (Phi) is 2.50. The van der Waals surface area contributed by atoms with E-state index in [1.165, 1.54) is 4.88 Å². The average Bonchev–Trinajstić information content (AvgIpc) is 2.73. The molecule has 1 atom stereocenters. The summed E-state index contributed by atoms with van der Waals surface area (Å²) in [5.41, 5.74) is 0. The van der Waals surface area contributed by atoms with Gasteiger partial charge in [0.2, 0.25) is 0 Å². The van der Waals surface area contributed by atoms with Gasteiger partial charge in [0.25, 0.3) is 0 Å². The molecule has 2 nitrogen and oxygen atoms in total. The topological polar surface area (TPSA) is 25.2 Å². The SMILES string of the molecule is Clc1ccc2cc(C3C=NC=CC3)sc2n1. The maximum absolute atomic E-state index is 5.87. The van der Waals surface area contributed by atoms with Crippen LogP contribution in [0.4, 0.5) is 0 Å². The minimum atomic E-state index is 0.392. The molecule has 0 aromatic carbocycles. The van der Waals surface area contributed by atoms with E-state index in [0.29, 0.717) is 11.1 Å². The van der Waals surface area contributed by atoms with Crippen molar-refractivity contribution in [2.75, 3.05) is 0 Å². The summed E-state index contributed by atoms with van der Waals surface area (Å²) in [4.78, 5) is 10.8. The van der Waals surface area contributed by atoms with Gasteiger partial charge in [0.1, 0.15) is 9.98 Å². The number of hydrogen-bond donors (Lipinski definition) is 0. The molecule has 0 saturated heterocycles. The van der Waals surface area contributed by atoms with Crippen molar-refractivity contribution >= 4 is 39.4 Å². The van der Waals surface area contributed by atoms with Crippen LogP contribution in [-0.2, 0) is 0 Å². The van der Waals surface area contributed by atoms with Crippen LogP contribution < -0.4 is 0 Å². The number of fused-ring (bicyclic) bond motifs is 1. The average molecular weight is 249 g/mol. The smallest absolute Gasteiger partial charge is 0.130 e. The molecule has 0 spiro atoms. The van der Waals surface area contributed by atoms with Crippen LogP contribution in [-0.4, -0.2) is 11.2 Å². The van der Waals surface area contributed by atoms with Crippen LogP contribution in [0.15, 0.2) is 35.5 Å². The first-order valence-electron chi connectivity index (χ1n) is 5.07. The summed E-state index contributed by atoms with van der Waals surface area (Å²) in [5, 5.41) is 1.71. The fourth-order valence-corrected chi connectivity index (χ4v) is 3.07. The van der Waals surface area contributed by atoms with Gasteiger partial charge in [-0.05, 0) is 24.6 Å². The van der Waals surface area contributed by atoms with Gasteiger partial charge in [0.15, 0.2) is 0 Å². The van der Waals surface area contributed by atoms with E-state index in [1.54, 1.807) is 11.3 Å². The van der Waals surface area contributed by atoms with Gasteiger partial charge in [-0.15, -0.1) is 11.3 Å². The molecule has 2 aromatic heterocycles. The molecule has 3 heterocycles. The molecular formula is C12H9ClN2S. The Morgan fingerprint density at radius 3 is 3.12 bits per heavy atom. The molecule has 0 radical (unpaired) electrons. The highest BCUT2D eigenvalue weighted by atomic mass is 35.5. The van der Waals surface area contributed by atoms with Crippen LogP contribution in [0.2, 0.25) is 5.15 Å². The molecule has 0 N–H and O–H groups in total. The molecule has 0 aliphatic carbocycles. The van der Waals surface area contributed by atoms with Crippen LogP contribution in [0.1, 0.15) is 17.2 Å². The number of halogens is 1. The minimum absolute atomic E-state index is 0.392. The normalized spacial score (nSPS) is 19.4. The molecule has 0 bridgehead atoms. The van der Waals surface area contributed by atoms with E-state index in [1.807, 2.05) is 24.5 Å². The number of thiophene rings is 1. The first kappa shape index (κ1) is 10.00. The zero-order chi connectivity index (χ0) is 11.0. The van der Waals surface area contributed by atoms with E-state index >= 15 is 0 Å². The monoisotopic (exact) mass is 248 g/mol. The van der Waals surface area contributed by atoms with Crippen molar-refractivity contribution in [1.82, 2.24) is 4.98 Å². The van der Waals surface area contributed by atoms with Crippen molar-refractivity contribution in [1.29, 1.82) is 0 Å². The summed E-state index contributed by atoms with van der Waals surface area (Å²) in [6, 6.07) is 6.02. The number of nitrogens with zero attached hydrogens (tertiary/aromatic N) is 2. The first-order chi connectivity index (χ1) is 7.83. The van der Waals surface area contributed by atoms with Crippen LogP contribution in [0.25, 0.3) is 10.2 Å². The minimum Gasteiger partial charge on any atom is -0.269 e. The summed E-state index contributed by atoms with van der Waals surface area (Å²) >= 11 is 7.57. The lowest BCUT2D eigenvalue weighted by molar-refractivity contribution is 0.931.